The molecule has 6 nitrogen and oxygen atoms in total. The van der Waals surface area contributed by atoms with E-state index in [9.17, 15) is 22.8 Å². The molecule has 3 atom stereocenters. The molecule has 1 unspecified atom stereocenters. The summed E-state index contributed by atoms with van der Waals surface area (Å²) in [6.07, 6.45) is -3.36. The summed E-state index contributed by atoms with van der Waals surface area (Å²) < 4.78 is 45.0. The van der Waals surface area contributed by atoms with E-state index in [1.807, 2.05) is 11.8 Å². The number of carbonyl (C=O) groups is 2. The average Bonchev–Trinajstić information content (AvgIpc) is 2.66. The van der Waals surface area contributed by atoms with Gasteiger partial charge < -0.3 is 20.2 Å². The van der Waals surface area contributed by atoms with Crippen LogP contribution in [0.25, 0.3) is 0 Å². The standard InChI is InChI=1S/C20H26F3N3O3/c1-13-8-26(16(11-27)12-29-13)10-15(24)7-19(28)25-6-5-17-14(9-25)3-2-4-18(17)20(21,22)23/h2-4,11,13,15-16H,5-10,12,24H2,1H3/t13-,15-,16?/m0/s1. The van der Waals surface area contributed by atoms with Crippen molar-refractivity contribution in [1.82, 2.24) is 9.80 Å². The van der Waals surface area contributed by atoms with E-state index in [0.717, 1.165) is 12.4 Å². The highest BCUT2D eigenvalue weighted by atomic mass is 19.4. The first-order chi connectivity index (χ1) is 13.7. The zero-order valence-electron chi connectivity index (χ0n) is 16.3. The second-order valence-electron chi connectivity index (χ2n) is 7.77. The van der Waals surface area contributed by atoms with Crippen LogP contribution in [0.15, 0.2) is 18.2 Å². The summed E-state index contributed by atoms with van der Waals surface area (Å²) in [5.41, 5.74) is 6.32. The lowest BCUT2D eigenvalue weighted by molar-refractivity contribution is -0.138. The molecule has 1 saturated heterocycles. The zero-order valence-corrected chi connectivity index (χ0v) is 16.3. The highest BCUT2D eigenvalue weighted by Gasteiger charge is 2.36. The molecule has 2 N–H and O–H groups in total. The van der Waals surface area contributed by atoms with E-state index in [2.05, 4.69) is 0 Å². The largest absolute Gasteiger partial charge is 0.416 e. The second-order valence-corrected chi connectivity index (χ2v) is 7.77. The summed E-state index contributed by atoms with van der Waals surface area (Å²) in [5.74, 6) is -0.190. The summed E-state index contributed by atoms with van der Waals surface area (Å²) in [4.78, 5) is 27.4. The van der Waals surface area contributed by atoms with E-state index < -0.39 is 17.8 Å². The molecule has 1 fully saturated rings. The fourth-order valence-corrected chi connectivity index (χ4v) is 4.03. The van der Waals surface area contributed by atoms with Crippen LogP contribution >= 0.6 is 0 Å². The first kappa shape index (κ1) is 21.7. The SMILES string of the molecule is C[C@H]1CN(C[C@@H](N)CC(=O)N2CCc3c(cccc3C(F)(F)F)C2)C(C=O)CO1. The molecule has 1 aromatic rings. The van der Waals surface area contributed by atoms with E-state index in [4.69, 9.17) is 10.5 Å². The number of nitrogens with two attached hydrogens (primary N) is 1. The van der Waals surface area contributed by atoms with Gasteiger partial charge in [-0.3, -0.25) is 9.69 Å². The molecule has 2 aliphatic rings. The van der Waals surface area contributed by atoms with Crippen LogP contribution in [0.2, 0.25) is 0 Å². The van der Waals surface area contributed by atoms with Gasteiger partial charge in [-0.25, -0.2) is 0 Å². The first-order valence-corrected chi connectivity index (χ1v) is 9.71. The minimum atomic E-state index is -4.40. The molecule has 9 heteroatoms. The number of nitrogens with zero attached hydrogens (tertiary/aromatic N) is 2. The van der Waals surface area contributed by atoms with Crippen molar-refractivity contribution in [2.24, 2.45) is 5.73 Å². The second kappa shape index (κ2) is 8.81. The van der Waals surface area contributed by atoms with Crippen molar-refractivity contribution < 1.29 is 27.5 Å². The van der Waals surface area contributed by atoms with Crippen LogP contribution in [0.4, 0.5) is 13.2 Å². The summed E-state index contributed by atoms with van der Waals surface area (Å²) in [6.45, 7) is 3.53. The Morgan fingerprint density at radius 1 is 1.41 bits per heavy atom. The molecule has 0 bridgehead atoms. The van der Waals surface area contributed by atoms with Gasteiger partial charge in [-0.15, -0.1) is 0 Å². The molecule has 0 radical (unpaired) electrons. The number of alkyl halides is 3. The highest BCUT2D eigenvalue weighted by molar-refractivity contribution is 5.77. The van der Waals surface area contributed by atoms with Crippen LogP contribution < -0.4 is 5.73 Å². The van der Waals surface area contributed by atoms with Crippen LogP contribution in [-0.4, -0.2) is 66.4 Å². The smallest absolute Gasteiger partial charge is 0.375 e. The molecule has 1 amide bonds. The number of hydrogen-bond donors (Lipinski definition) is 1. The van der Waals surface area contributed by atoms with Crippen molar-refractivity contribution in [3.63, 3.8) is 0 Å². The van der Waals surface area contributed by atoms with E-state index in [-0.39, 0.29) is 49.5 Å². The zero-order chi connectivity index (χ0) is 21.2. The quantitative estimate of drug-likeness (QED) is 0.742. The lowest BCUT2D eigenvalue weighted by atomic mass is 9.94. The molecular weight excluding hydrogens is 387 g/mol. The molecular formula is C20H26F3N3O3. The lowest BCUT2D eigenvalue weighted by Crippen LogP contribution is -2.54. The molecule has 0 spiro atoms. The van der Waals surface area contributed by atoms with Gasteiger partial charge in [0.25, 0.3) is 0 Å². The van der Waals surface area contributed by atoms with Crippen molar-refractivity contribution in [2.75, 3.05) is 26.2 Å². The van der Waals surface area contributed by atoms with E-state index in [0.29, 0.717) is 25.3 Å². The molecule has 0 saturated carbocycles. The maximum atomic E-state index is 13.2. The van der Waals surface area contributed by atoms with Crippen molar-refractivity contribution in [3.8, 4) is 0 Å². The first-order valence-electron chi connectivity index (χ1n) is 9.71. The normalized spacial score (nSPS) is 24.1. The monoisotopic (exact) mass is 413 g/mol. The van der Waals surface area contributed by atoms with Crippen molar-refractivity contribution >= 4 is 12.2 Å². The van der Waals surface area contributed by atoms with E-state index >= 15 is 0 Å². The minimum absolute atomic E-state index is 0.0180. The Hall–Kier alpha value is -1.97. The van der Waals surface area contributed by atoms with Gasteiger partial charge >= 0.3 is 6.18 Å². The minimum Gasteiger partial charge on any atom is -0.375 e. The fourth-order valence-electron chi connectivity index (χ4n) is 4.03. The number of benzene rings is 1. The third kappa shape index (κ3) is 5.15. The summed E-state index contributed by atoms with van der Waals surface area (Å²) in [5, 5.41) is 0. The number of morpholine rings is 1. The molecule has 3 rings (SSSR count). The van der Waals surface area contributed by atoms with Gasteiger partial charge in [0.05, 0.1) is 24.3 Å². The van der Waals surface area contributed by atoms with Crippen LogP contribution in [-0.2, 0) is 33.5 Å². The number of carbonyl (C=O) groups excluding carboxylic acids is 2. The van der Waals surface area contributed by atoms with Gasteiger partial charge in [-0.1, -0.05) is 12.1 Å². The van der Waals surface area contributed by atoms with Crippen molar-refractivity contribution in [3.05, 3.63) is 34.9 Å². The summed E-state index contributed by atoms with van der Waals surface area (Å²) in [6, 6.07) is 3.24. The maximum Gasteiger partial charge on any atom is 0.416 e. The Bertz CT molecular complexity index is 756. The van der Waals surface area contributed by atoms with E-state index in [1.54, 1.807) is 11.0 Å². The average molecular weight is 413 g/mol. The number of hydrogen-bond acceptors (Lipinski definition) is 5. The van der Waals surface area contributed by atoms with E-state index in [1.165, 1.54) is 6.07 Å². The Labute approximate surface area is 167 Å². The number of halogens is 3. The Balaban J connectivity index is 1.60. The topological polar surface area (TPSA) is 75.9 Å². The van der Waals surface area contributed by atoms with Gasteiger partial charge in [0.15, 0.2) is 0 Å². The van der Waals surface area contributed by atoms with Crippen LogP contribution in [0, 0.1) is 0 Å². The molecule has 160 valence electrons. The molecule has 0 aromatic heterocycles. The number of amides is 1. The molecule has 29 heavy (non-hydrogen) atoms. The number of fused-ring (bicyclic) bond motifs is 1. The van der Waals surface area contributed by atoms with Gasteiger partial charge in [-0.05, 0) is 30.5 Å². The molecule has 0 aliphatic carbocycles. The van der Waals surface area contributed by atoms with Crippen molar-refractivity contribution in [1.29, 1.82) is 0 Å². The number of ether oxygens (including phenoxy) is 1. The Morgan fingerprint density at radius 3 is 2.86 bits per heavy atom. The maximum absolute atomic E-state index is 13.2. The molecule has 2 heterocycles. The molecule has 2 aliphatic heterocycles. The van der Waals surface area contributed by atoms with Gasteiger partial charge in [0, 0.05) is 38.6 Å². The van der Waals surface area contributed by atoms with Gasteiger partial charge in [0.2, 0.25) is 5.91 Å². The third-order valence-corrected chi connectivity index (χ3v) is 5.50. The fraction of sp³-hybridized carbons (Fsp3) is 0.600. The van der Waals surface area contributed by atoms with Gasteiger partial charge in [0.1, 0.15) is 6.29 Å². The molecule has 1 aromatic carbocycles. The summed E-state index contributed by atoms with van der Waals surface area (Å²) >= 11 is 0. The van der Waals surface area contributed by atoms with Crippen LogP contribution in [0.1, 0.15) is 30.0 Å². The number of aldehydes is 1. The number of rotatable bonds is 5. The highest BCUT2D eigenvalue weighted by Crippen LogP contribution is 2.35. The lowest BCUT2D eigenvalue weighted by Gasteiger charge is -2.37. The van der Waals surface area contributed by atoms with Crippen LogP contribution in [0.5, 0.6) is 0 Å². The van der Waals surface area contributed by atoms with Crippen molar-refractivity contribution in [2.45, 2.75) is 50.7 Å². The summed E-state index contributed by atoms with van der Waals surface area (Å²) in [7, 11) is 0. The predicted octanol–water partition coefficient (Wildman–Crippen LogP) is 1.60. The third-order valence-electron chi connectivity index (χ3n) is 5.50. The Kier molecular flexibility index (Phi) is 6.60. The van der Waals surface area contributed by atoms with Crippen LogP contribution in [0.3, 0.4) is 0 Å². The predicted molar refractivity (Wildman–Crippen MR) is 100.0 cm³/mol. The Morgan fingerprint density at radius 2 is 2.17 bits per heavy atom. The van der Waals surface area contributed by atoms with Gasteiger partial charge in [-0.2, -0.15) is 13.2 Å².